The van der Waals surface area contributed by atoms with Crippen LogP contribution in [-0.4, -0.2) is 36.9 Å². The molecule has 18 heavy (non-hydrogen) atoms. The fourth-order valence-corrected chi connectivity index (χ4v) is 2.59. The maximum Gasteiger partial charge on any atom is 0.198 e. The Hall–Kier alpha value is -0.410. The fourth-order valence-electron chi connectivity index (χ4n) is 2.59. The summed E-state index contributed by atoms with van der Waals surface area (Å²) in [4.78, 5) is 12.6. The van der Waals surface area contributed by atoms with Crippen LogP contribution in [0, 0.1) is 0 Å². The number of nitrogens with two attached hydrogens (primary N) is 1. The third kappa shape index (κ3) is 7.83. The van der Waals surface area contributed by atoms with E-state index in [9.17, 15) is 4.79 Å². The monoisotopic (exact) mass is 253 g/mol. The summed E-state index contributed by atoms with van der Waals surface area (Å²) in [6.45, 7) is 3.65. The molecule has 1 rings (SSSR count). The maximum atomic E-state index is 10.0. The Labute approximate surface area is 112 Å². The van der Waals surface area contributed by atoms with Gasteiger partial charge in [0.05, 0.1) is 0 Å². The zero-order chi connectivity index (χ0) is 13.1. The number of rotatable bonds is 10. The third-order valence-electron chi connectivity index (χ3n) is 3.89. The summed E-state index contributed by atoms with van der Waals surface area (Å²) in [6.07, 6.45) is 13.8. The van der Waals surface area contributed by atoms with E-state index in [1.807, 2.05) is 6.29 Å². The standard InChI is InChI=1S/C15H29N2O/c16-15-9-12-17(13-10-15)11-7-5-3-1-2-4-6-8-14-18/h15H,1-13,16H2. The van der Waals surface area contributed by atoms with E-state index in [1.54, 1.807) is 0 Å². The SMILES string of the molecule is NC1CCN(CCCCCCCCC[C]=O)CC1. The molecule has 1 heterocycles. The molecule has 1 saturated heterocycles. The molecule has 0 aromatic rings. The zero-order valence-corrected chi connectivity index (χ0v) is 11.7. The number of hydrogen-bond acceptors (Lipinski definition) is 3. The van der Waals surface area contributed by atoms with Crippen LogP contribution in [0.1, 0.15) is 64.2 Å². The van der Waals surface area contributed by atoms with Gasteiger partial charge in [0.1, 0.15) is 0 Å². The molecule has 0 aromatic carbocycles. The van der Waals surface area contributed by atoms with Crippen molar-refractivity contribution in [1.29, 1.82) is 0 Å². The van der Waals surface area contributed by atoms with E-state index in [4.69, 9.17) is 5.73 Å². The second kappa shape index (κ2) is 10.5. The van der Waals surface area contributed by atoms with E-state index < -0.39 is 0 Å². The van der Waals surface area contributed by atoms with Gasteiger partial charge in [-0.1, -0.05) is 32.1 Å². The molecule has 0 bridgehead atoms. The van der Waals surface area contributed by atoms with Crippen LogP contribution < -0.4 is 5.73 Å². The van der Waals surface area contributed by atoms with Crippen molar-refractivity contribution in [2.24, 2.45) is 5.73 Å². The lowest BCUT2D eigenvalue weighted by molar-refractivity contribution is 0.209. The van der Waals surface area contributed by atoms with Crippen LogP contribution in [0.15, 0.2) is 0 Å². The number of carbonyl (C=O) groups excluding carboxylic acids is 1. The normalized spacial score (nSPS) is 18.1. The Balaban J connectivity index is 1.79. The van der Waals surface area contributed by atoms with Gasteiger partial charge in [-0.15, -0.1) is 0 Å². The molecule has 1 fully saturated rings. The summed E-state index contributed by atoms with van der Waals surface area (Å²) in [5, 5.41) is 0. The van der Waals surface area contributed by atoms with Crippen LogP contribution in [0.2, 0.25) is 0 Å². The smallest absolute Gasteiger partial charge is 0.198 e. The van der Waals surface area contributed by atoms with Crippen molar-refractivity contribution in [3.63, 3.8) is 0 Å². The molecular formula is C15H29N2O. The average Bonchev–Trinajstić information content (AvgIpc) is 2.39. The predicted molar refractivity (Wildman–Crippen MR) is 76.3 cm³/mol. The summed E-state index contributed by atoms with van der Waals surface area (Å²) in [5.41, 5.74) is 5.89. The van der Waals surface area contributed by atoms with Crippen LogP contribution >= 0.6 is 0 Å². The molecule has 2 N–H and O–H groups in total. The van der Waals surface area contributed by atoms with Crippen LogP contribution in [0.5, 0.6) is 0 Å². The van der Waals surface area contributed by atoms with Crippen molar-refractivity contribution in [2.45, 2.75) is 70.3 Å². The lowest BCUT2D eigenvalue weighted by atomic mass is 10.0. The number of nitrogens with zero attached hydrogens (tertiary/aromatic N) is 1. The highest BCUT2D eigenvalue weighted by Crippen LogP contribution is 2.11. The van der Waals surface area contributed by atoms with Crippen molar-refractivity contribution in [3.8, 4) is 0 Å². The Kier molecular flexibility index (Phi) is 9.13. The maximum absolute atomic E-state index is 10.0. The van der Waals surface area contributed by atoms with E-state index >= 15 is 0 Å². The Morgan fingerprint density at radius 3 is 2.11 bits per heavy atom. The largest absolute Gasteiger partial charge is 0.328 e. The Morgan fingerprint density at radius 2 is 1.50 bits per heavy atom. The molecule has 3 heteroatoms. The van der Waals surface area contributed by atoms with Gasteiger partial charge >= 0.3 is 0 Å². The van der Waals surface area contributed by atoms with E-state index in [-0.39, 0.29) is 0 Å². The number of piperidine rings is 1. The summed E-state index contributed by atoms with van der Waals surface area (Å²) in [5.74, 6) is 0. The first-order valence-corrected chi connectivity index (χ1v) is 7.66. The number of unbranched alkanes of at least 4 members (excludes halogenated alkanes) is 7. The number of likely N-dealkylation sites (tertiary alicyclic amines) is 1. The molecule has 0 atom stereocenters. The molecule has 3 nitrogen and oxygen atoms in total. The van der Waals surface area contributed by atoms with Crippen LogP contribution in [0.4, 0.5) is 0 Å². The molecule has 0 saturated carbocycles. The summed E-state index contributed by atoms with van der Waals surface area (Å²) >= 11 is 0. The zero-order valence-electron chi connectivity index (χ0n) is 11.7. The first-order chi connectivity index (χ1) is 8.83. The van der Waals surface area contributed by atoms with Crippen LogP contribution in [-0.2, 0) is 4.79 Å². The molecule has 0 aromatic heterocycles. The highest BCUT2D eigenvalue weighted by molar-refractivity contribution is 5.50. The molecule has 1 aliphatic rings. The Morgan fingerprint density at radius 1 is 0.944 bits per heavy atom. The second-order valence-electron chi connectivity index (χ2n) is 5.55. The highest BCUT2D eigenvalue weighted by Gasteiger charge is 2.14. The molecule has 0 amide bonds. The minimum absolute atomic E-state index is 0.449. The van der Waals surface area contributed by atoms with Gasteiger partial charge in [0, 0.05) is 12.5 Å². The topological polar surface area (TPSA) is 46.3 Å². The van der Waals surface area contributed by atoms with E-state index in [0.29, 0.717) is 12.5 Å². The molecule has 0 aliphatic carbocycles. The van der Waals surface area contributed by atoms with E-state index in [2.05, 4.69) is 4.90 Å². The van der Waals surface area contributed by atoms with Crippen molar-refractivity contribution >= 4 is 6.29 Å². The molecule has 0 unspecified atom stereocenters. The van der Waals surface area contributed by atoms with Gasteiger partial charge in [0.25, 0.3) is 0 Å². The minimum Gasteiger partial charge on any atom is -0.328 e. The van der Waals surface area contributed by atoms with Gasteiger partial charge in [0.2, 0.25) is 0 Å². The van der Waals surface area contributed by atoms with Gasteiger partial charge in [-0.2, -0.15) is 0 Å². The Bertz CT molecular complexity index is 201. The summed E-state index contributed by atoms with van der Waals surface area (Å²) in [6, 6.07) is 0.449. The average molecular weight is 253 g/mol. The molecule has 1 radical (unpaired) electrons. The van der Waals surface area contributed by atoms with Crippen LogP contribution in [0.3, 0.4) is 0 Å². The minimum atomic E-state index is 0.449. The van der Waals surface area contributed by atoms with Gasteiger partial charge in [0.15, 0.2) is 6.29 Å². The molecule has 105 valence electrons. The summed E-state index contributed by atoms with van der Waals surface area (Å²) < 4.78 is 0. The van der Waals surface area contributed by atoms with Gasteiger partial charge in [-0.25, -0.2) is 0 Å². The highest BCUT2D eigenvalue weighted by atomic mass is 16.1. The first kappa shape index (κ1) is 15.6. The molecular weight excluding hydrogens is 224 g/mol. The van der Waals surface area contributed by atoms with Crippen molar-refractivity contribution in [3.05, 3.63) is 0 Å². The third-order valence-corrected chi connectivity index (χ3v) is 3.89. The van der Waals surface area contributed by atoms with Gasteiger partial charge in [-0.05, 0) is 45.3 Å². The lowest BCUT2D eigenvalue weighted by Crippen LogP contribution is -2.39. The molecule has 0 spiro atoms. The van der Waals surface area contributed by atoms with E-state index in [1.165, 1.54) is 71.0 Å². The van der Waals surface area contributed by atoms with E-state index in [0.717, 1.165) is 6.42 Å². The van der Waals surface area contributed by atoms with Crippen molar-refractivity contribution in [2.75, 3.05) is 19.6 Å². The van der Waals surface area contributed by atoms with Crippen molar-refractivity contribution in [1.82, 2.24) is 4.90 Å². The second-order valence-corrected chi connectivity index (χ2v) is 5.55. The first-order valence-electron chi connectivity index (χ1n) is 7.66. The van der Waals surface area contributed by atoms with Gasteiger partial charge < -0.3 is 10.6 Å². The fraction of sp³-hybridized carbons (Fsp3) is 0.933. The predicted octanol–water partition coefficient (Wildman–Crippen LogP) is 2.64. The number of hydrogen-bond donors (Lipinski definition) is 1. The summed E-state index contributed by atoms with van der Waals surface area (Å²) in [7, 11) is 0. The molecule has 1 aliphatic heterocycles. The van der Waals surface area contributed by atoms with Crippen molar-refractivity contribution < 1.29 is 4.79 Å². The van der Waals surface area contributed by atoms with Crippen LogP contribution in [0.25, 0.3) is 0 Å². The lowest BCUT2D eigenvalue weighted by Gasteiger charge is -2.29. The van der Waals surface area contributed by atoms with Gasteiger partial charge in [-0.3, -0.25) is 4.79 Å². The quantitative estimate of drug-likeness (QED) is 0.609.